The Kier molecular flexibility index (Phi) is 10.4. The average Bonchev–Trinajstić information content (AvgIpc) is 3.49. The van der Waals surface area contributed by atoms with Gasteiger partial charge in [-0.2, -0.15) is 0 Å². The molecule has 2 aliphatic rings. The fraction of sp³-hybridized carbons (Fsp3) is 0.448. The highest BCUT2D eigenvalue weighted by Gasteiger charge is 2.41. The number of rotatable bonds is 8. The van der Waals surface area contributed by atoms with Crippen molar-refractivity contribution in [1.29, 1.82) is 0 Å². The third-order valence-electron chi connectivity index (χ3n) is 6.74. The molecule has 2 aromatic carbocycles. The normalized spacial score (nSPS) is 20.2. The van der Waals surface area contributed by atoms with Gasteiger partial charge in [0, 0.05) is 6.42 Å². The highest BCUT2D eigenvalue weighted by molar-refractivity contribution is 5.95. The Morgan fingerprint density at radius 3 is 1.74 bits per heavy atom. The van der Waals surface area contributed by atoms with E-state index in [1.807, 2.05) is 60.7 Å². The lowest BCUT2D eigenvalue weighted by Gasteiger charge is -2.25. The van der Waals surface area contributed by atoms with Crippen molar-refractivity contribution in [3.8, 4) is 0 Å². The van der Waals surface area contributed by atoms with Crippen molar-refractivity contribution in [1.82, 2.24) is 9.80 Å². The Bertz CT molecular complexity index is 1090. The van der Waals surface area contributed by atoms with Crippen molar-refractivity contribution in [2.75, 3.05) is 13.2 Å². The van der Waals surface area contributed by atoms with Gasteiger partial charge in [0.2, 0.25) is 11.8 Å². The summed E-state index contributed by atoms with van der Waals surface area (Å²) >= 11 is 0. The average molecular weight is 525 g/mol. The monoisotopic (exact) mass is 524 g/mol. The minimum Gasteiger partial charge on any atom is -0.447 e. The van der Waals surface area contributed by atoms with Gasteiger partial charge in [-0.1, -0.05) is 81.4 Å². The van der Waals surface area contributed by atoms with E-state index in [4.69, 9.17) is 9.47 Å². The van der Waals surface area contributed by atoms with Crippen molar-refractivity contribution < 1.29 is 33.8 Å². The van der Waals surface area contributed by atoms with Gasteiger partial charge < -0.3 is 14.6 Å². The highest BCUT2D eigenvalue weighted by Crippen LogP contribution is 2.22. The van der Waals surface area contributed by atoms with E-state index < -0.39 is 24.2 Å². The number of benzene rings is 2. The van der Waals surface area contributed by atoms with Gasteiger partial charge in [0.15, 0.2) is 0 Å². The minimum absolute atomic E-state index is 0.169. The lowest BCUT2D eigenvalue weighted by molar-refractivity contribution is -0.136. The number of cyclic esters (lactones) is 2. The summed E-state index contributed by atoms with van der Waals surface area (Å²) in [5, 5.41) is 9.82. The second kappa shape index (κ2) is 13.7. The van der Waals surface area contributed by atoms with Crippen LogP contribution in [0.2, 0.25) is 0 Å². The van der Waals surface area contributed by atoms with Crippen LogP contribution in [-0.2, 0) is 31.9 Å². The molecule has 0 saturated carbocycles. The fourth-order valence-electron chi connectivity index (χ4n) is 4.48. The first-order valence-electron chi connectivity index (χ1n) is 13.0. The van der Waals surface area contributed by atoms with Crippen LogP contribution in [0, 0.1) is 5.92 Å². The molecule has 0 spiro atoms. The Hall–Kier alpha value is -3.72. The van der Waals surface area contributed by atoms with Crippen molar-refractivity contribution in [3.63, 3.8) is 0 Å². The zero-order valence-corrected chi connectivity index (χ0v) is 22.1. The Labute approximate surface area is 223 Å². The lowest BCUT2D eigenvalue weighted by atomic mass is 9.99. The predicted molar refractivity (Wildman–Crippen MR) is 140 cm³/mol. The number of nitrogens with zero attached hydrogens (tertiary/aromatic N) is 2. The van der Waals surface area contributed by atoms with Gasteiger partial charge in [-0.15, -0.1) is 0 Å². The molecule has 0 aliphatic carbocycles. The number of aliphatic hydroxyl groups excluding tert-OH is 1. The van der Waals surface area contributed by atoms with Gasteiger partial charge in [0.05, 0.1) is 24.1 Å². The maximum Gasteiger partial charge on any atom is 0.416 e. The van der Waals surface area contributed by atoms with Crippen LogP contribution in [-0.4, -0.2) is 70.3 Å². The molecule has 4 amide bonds. The second-order valence-corrected chi connectivity index (χ2v) is 9.43. The molecule has 2 aromatic rings. The van der Waals surface area contributed by atoms with Crippen molar-refractivity contribution in [2.45, 2.75) is 64.6 Å². The fourth-order valence-corrected chi connectivity index (χ4v) is 4.48. The molecule has 0 aromatic heterocycles. The molecule has 2 aliphatic heterocycles. The smallest absolute Gasteiger partial charge is 0.416 e. The van der Waals surface area contributed by atoms with E-state index in [9.17, 15) is 24.3 Å². The topological polar surface area (TPSA) is 113 Å². The maximum atomic E-state index is 12.4. The molecule has 0 radical (unpaired) electrons. The van der Waals surface area contributed by atoms with Gasteiger partial charge in [0.1, 0.15) is 13.2 Å². The molecule has 4 atom stereocenters. The quantitative estimate of drug-likeness (QED) is 0.556. The SMILES string of the molecule is CCC(=O)N1C(=O)OC[C@H]1Cc1ccccc1.CC[C@H](O)[C@@H](C)C(=O)N1C(=O)OC[C@H]1Cc1ccccc1. The Morgan fingerprint density at radius 1 is 0.842 bits per heavy atom. The number of carbonyl (C=O) groups excluding carboxylic acids is 4. The number of imide groups is 2. The van der Waals surface area contributed by atoms with Gasteiger partial charge in [-0.25, -0.2) is 19.4 Å². The van der Waals surface area contributed by atoms with E-state index in [2.05, 4.69) is 0 Å². The summed E-state index contributed by atoms with van der Waals surface area (Å²) in [7, 11) is 0. The first-order chi connectivity index (χ1) is 18.3. The second-order valence-electron chi connectivity index (χ2n) is 9.43. The molecule has 9 heteroatoms. The third-order valence-corrected chi connectivity index (χ3v) is 6.74. The van der Waals surface area contributed by atoms with Crippen LogP contribution in [0.25, 0.3) is 0 Å². The highest BCUT2D eigenvalue weighted by atomic mass is 16.6. The van der Waals surface area contributed by atoms with E-state index in [1.54, 1.807) is 20.8 Å². The first-order valence-corrected chi connectivity index (χ1v) is 13.0. The molecule has 4 rings (SSSR count). The molecule has 9 nitrogen and oxygen atoms in total. The molecular weight excluding hydrogens is 488 g/mol. The summed E-state index contributed by atoms with van der Waals surface area (Å²) in [6.45, 7) is 5.68. The summed E-state index contributed by atoms with van der Waals surface area (Å²) in [5.74, 6) is -1.15. The van der Waals surface area contributed by atoms with E-state index in [0.29, 0.717) is 32.3 Å². The maximum absolute atomic E-state index is 12.4. The standard InChI is InChI=1S/C16H21NO4.C13H15NO3/c1-3-14(18)11(2)15(19)17-13(10-21-16(17)20)9-12-7-5-4-6-8-12;1-2-12(15)14-11(9-17-13(14)16)8-10-6-4-3-5-7-10/h4-8,11,13-14,18H,3,9-10H2,1-2H3;3-7,11H,2,8-9H2,1H3/t11-,13-,14+;11-/m11/s1. The first kappa shape index (κ1) is 28.8. The van der Waals surface area contributed by atoms with Crippen LogP contribution in [0.3, 0.4) is 0 Å². The van der Waals surface area contributed by atoms with Crippen LogP contribution in [0.4, 0.5) is 9.59 Å². The van der Waals surface area contributed by atoms with Crippen LogP contribution >= 0.6 is 0 Å². The van der Waals surface area contributed by atoms with Crippen molar-refractivity contribution in [3.05, 3.63) is 71.8 Å². The van der Waals surface area contributed by atoms with Gasteiger partial charge in [-0.05, 0) is 30.4 Å². The molecule has 2 fully saturated rings. The van der Waals surface area contributed by atoms with E-state index >= 15 is 0 Å². The van der Waals surface area contributed by atoms with Gasteiger partial charge in [0.25, 0.3) is 0 Å². The molecule has 38 heavy (non-hydrogen) atoms. The zero-order chi connectivity index (χ0) is 27.7. The number of hydrogen-bond acceptors (Lipinski definition) is 7. The van der Waals surface area contributed by atoms with Gasteiger partial charge in [-0.3, -0.25) is 9.59 Å². The lowest BCUT2D eigenvalue weighted by Crippen LogP contribution is -2.45. The molecule has 0 bridgehead atoms. The summed E-state index contributed by atoms with van der Waals surface area (Å²) in [6.07, 6.45) is 0.127. The molecular formula is C29H36N2O7. The number of carbonyl (C=O) groups is 4. The number of ether oxygens (including phenoxy) is 2. The Balaban J connectivity index is 0.000000215. The molecule has 2 saturated heterocycles. The van der Waals surface area contributed by atoms with Gasteiger partial charge >= 0.3 is 12.2 Å². The van der Waals surface area contributed by atoms with E-state index in [-0.39, 0.29) is 30.5 Å². The largest absolute Gasteiger partial charge is 0.447 e. The summed E-state index contributed by atoms with van der Waals surface area (Å²) < 4.78 is 9.96. The zero-order valence-electron chi connectivity index (χ0n) is 22.1. The molecule has 204 valence electrons. The molecule has 0 unspecified atom stereocenters. The van der Waals surface area contributed by atoms with Crippen molar-refractivity contribution >= 4 is 24.0 Å². The number of hydrogen-bond donors (Lipinski definition) is 1. The van der Waals surface area contributed by atoms with Crippen LogP contribution < -0.4 is 0 Å². The summed E-state index contributed by atoms with van der Waals surface area (Å²) in [5.41, 5.74) is 2.15. The molecule has 2 heterocycles. The molecule has 1 N–H and O–H groups in total. The van der Waals surface area contributed by atoms with Crippen LogP contribution in [0.1, 0.15) is 44.7 Å². The summed E-state index contributed by atoms with van der Waals surface area (Å²) in [6, 6.07) is 19.0. The van der Waals surface area contributed by atoms with E-state index in [0.717, 1.165) is 16.0 Å². The predicted octanol–water partition coefficient (Wildman–Crippen LogP) is 3.97. The van der Waals surface area contributed by atoms with Crippen LogP contribution in [0.5, 0.6) is 0 Å². The number of aliphatic hydroxyl groups is 1. The minimum atomic E-state index is -0.747. The number of amides is 4. The summed E-state index contributed by atoms with van der Waals surface area (Å²) in [4.78, 5) is 49.8. The Morgan fingerprint density at radius 2 is 1.29 bits per heavy atom. The van der Waals surface area contributed by atoms with Crippen molar-refractivity contribution in [2.24, 2.45) is 5.92 Å². The van der Waals surface area contributed by atoms with Crippen LogP contribution in [0.15, 0.2) is 60.7 Å². The third kappa shape index (κ3) is 7.19. The van der Waals surface area contributed by atoms with E-state index in [1.165, 1.54) is 4.90 Å².